The number of para-hydroxylation sites is 1. The van der Waals surface area contributed by atoms with Crippen LogP contribution in [0.1, 0.15) is 18.9 Å². The highest BCUT2D eigenvalue weighted by Crippen LogP contribution is 2.34. The van der Waals surface area contributed by atoms with Gasteiger partial charge in [-0.1, -0.05) is 18.2 Å². The summed E-state index contributed by atoms with van der Waals surface area (Å²) >= 11 is 0. The third-order valence-corrected chi connectivity index (χ3v) is 2.90. The summed E-state index contributed by atoms with van der Waals surface area (Å²) < 4.78 is 26.2. The minimum absolute atomic E-state index is 0.0574. The molecule has 1 heterocycles. The van der Waals surface area contributed by atoms with Gasteiger partial charge in [-0.05, 0) is 6.07 Å². The van der Waals surface area contributed by atoms with Gasteiger partial charge >= 0.3 is 0 Å². The fourth-order valence-electron chi connectivity index (χ4n) is 1.97. The quantitative estimate of drug-likeness (QED) is 0.638. The lowest BCUT2D eigenvalue weighted by Crippen LogP contribution is -2.25. The van der Waals surface area contributed by atoms with Gasteiger partial charge in [-0.15, -0.1) is 0 Å². The smallest absolute Gasteiger partial charge is 0.274 e. The minimum atomic E-state index is -2.79. The summed E-state index contributed by atoms with van der Waals surface area (Å²) in [5, 5.41) is 10.8. The number of alkyl halides is 2. The fourth-order valence-corrected chi connectivity index (χ4v) is 1.97. The molecule has 0 N–H and O–H groups in total. The van der Waals surface area contributed by atoms with E-state index in [4.69, 9.17) is 0 Å². The first kappa shape index (κ1) is 15.5. The number of benzene rings is 1. The van der Waals surface area contributed by atoms with E-state index in [1.54, 1.807) is 0 Å². The van der Waals surface area contributed by atoms with E-state index >= 15 is 0 Å². The van der Waals surface area contributed by atoms with Crippen molar-refractivity contribution in [3.8, 4) is 0 Å². The molecule has 0 saturated heterocycles. The van der Waals surface area contributed by atoms with E-state index < -0.39 is 17.3 Å². The average molecular weight is 307 g/mol. The zero-order valence-corrected chi connectivity index (χ0v) is 11.4. The minimum Gasteiger partial charge on any atom is -0.274 e. The predicted octanol–water partition coefficient (Wildman–Crippen LogP) is 3.61. The summed E-state index contributed by atoms with van der Waals surface area (Å²) in [4.78, 5) is 26.8. The highest BCUT2D eigenvalue weighted by molar-refractivity contribution is 5.99. The number of halogens is 2. The Morgan fingerprint density at radius 3 is 2.59 bits per heavy atom. The Morgan fingerprint density at radius 2 is 2.00 bits per heavy atom. The summed E-state index contributed by atoms with van der Waals surface area (Å²) in [5.74, 6) is -0.670. The van der Waals surface area contributed by atoms with Gasteiger partial charge in [0.25, 0.3) is 12.1 Å². The van der Waals surface area contributed by atoms with Crippen LogP contribution < -0.4 is 4.90 Å². The molecule has 0 spiro atoms. The van der Waals surface area contributed by atoms with Gasteiger partial charge in [0.15, 0.2) is 0 Å². The maximum absolute atomic E-state index is 13.1. The molecule has 22 heavy (non-hydrogen) atoms. The largest absolute Gasteiger partial charge is 0.274 e. The van der Waals surface area contributed by atoms with Crippen molar-refractivity contribution >= 4 is 23.1 Å². The monoisotopic (exact) mass is 307 g/mol. The molecule has 1 amide bonds. The Labute approximate surface area is 124 Å². The number of nitrogens with zero attached hydrogens (tertiary/aromatic N) is 3. The Hall–Kier alpha value is -2.90. The first-order valence-electron chi connectivity index (χ1n) is 6.20. The third kappa shape index (κ3) is 3.05. The molecule has 0 bridgehead atoms. The predicted molar refractivity (Wildman–Crippen MR) is 75.1 cm³/mol. The molecule has 1 aromatic heterocycles. The summed E-state index contributed by atoms with van der Waals surface area (Å²) in [6.07, 6.45) is -1.65. The maximum Gasteiger partial charge on any atom is 0.274 e. The van der Waals surface area contributed by atoms with Gasteiger partial charge in [0.1, 0.15) is 5.82 Å². The van der Waals surface area contributed by atoms with E-state index in [-0.39, 0.29) is 22.8 Å². The zero-order valence-electron chi connectivity index (χ0n) is 11.4. The van der Waals surface area contributed by atoms with E-state index in [0.29, 0.717) is 0 Å². The van der Waals surface area contributed by atoms with Crippen molar-refractivity contribution < 1.29 is 18.5 Å². The highest BCUT2D eigenvalue weighted by atomic mass is 19.3. The van der Waals surface area contributed by atoms with Gasteiger partial charge in [-0.3, -0.25) is 19.8 Å². The van der Waals surface area contributed by atoms with Gasteiger partial charge in [-0.2, -0.15) is 0 Å². The van der Waals surface area contributed by atoms with Crippen LogP contribution in [-0.2, 0) is 4.79 Å². The number of rotatable bonds is 4. The average Bonchev–Trinajstić information content (AvgIpc) is 2.47. The number of carbonyl (C=O) groups excluding carboxylic acids is 1. The number of pyridine rings is 1. The fraction of sp³-hybridized carbons (Fsp3) is 0.143. The number of carbonyl (C=O) groups is 1. The number of amides is 1. The van der Waals surface area contributed by atoms with Crippen LogP contribution in [0, 0.1) is 10.1 Å². The first-order chi connectivity index (χ1) is 10.4. The summed E-state index contributed by atoms with van der Waals surface area (Å²) in [7, 11) is 0. The van der Waals surface area contributed by atoms with E-state index in [9.17, 15) is 23.7 Å². The molecular formula is C14H11F2N3O3. The van der Waals surface area contributed by atoms with Crippen LogP contribution in [0.2, 0.25) is 0 Å². The third-order valence-electron chi connectivity index (χ3n) is 2.90. The van der Waals surface area contributed by atoms with Crippen molar-refractivity contribution in [1.29, 1.82) is 0 Å². The van der Waals surface area contributed by atoms with Crippen molar-refractivity contribution in [2.24, 2.45) is 0 Å². The van der Waals surface area contributed by atoms with Crippen LogP contribution in [0.3, 0.4) is 0 Å². The van der Waals surface area contributed by atoms with Crippen LogP contribution in [0.5, 0.6) is 0 Å². The van der Waals surface area contributed by atoms with Crippen molar-refractivity contribution in [2.75, 3.05) is 4.90 Å². The summed E-state index contributed by atoms with van der Waals surface area (Å²) in [6.45, 7) is 1.17. The van der Waals surface area contributed by atoms with Crippen molar-refractivity contribution in [3.05, 3.63) is 58.3 Å². The second kappa shape index (κ2) is 6.25. The molecule has 1 aromatic carbocycles. The summed E-state index contributed by atoms with van der Waals surface area (Å²) in [5.41, 5.74) is -0.699. The molecule has 0 atom stereocenters. The normalized spacial score (nSPS) is 10.5. The molecule has 0 aliphatic rings. The first-order valence-corrected chi connectivity index (χ1v) is 6.20. The molecule has 8 heteroatoms. The molecule has 2 rings (SSSR count). The van der Waals surface area contributed by atoms with Crippen LogP contribution in [0.4, 0.5) is 26.0 Å². The SMILES string of the molecule is CC(=O)N(c1cc([N+](=O)[O-])ccn1)c1ccccc1C(F)F. The molecule has 0 radical (unpaired) electrons. The molecule has 0 unspecified atom stereocenters. The number of hydrogen-bond donors (Lipinski definition) is 0. The molecule has 6 nitrogen and oxygen atoms in total. The van der Waals surface area contributed by atoms with Gasteiger partial charge in [-0.25, -0.2) is 13.8 Å². The second-order valence-electron chi connectivity index (χ2n) is 4.34. The Bertz CT molecular complexity index is 722. The van der Waals surface area contributed by atoms with Crippen molar-refractivity contribution in [1.82, 2.24) is 4.98 Å². The lowest BCUT2D eigenvalue weighted by Gasteiger charge is -2.22. The Kier molecular flexibility index (Phi) is 4.40. The van der Waals surface area contributed by atoms with Crippen LogP contribution in [0.15, 0.2) is 42.6 Å². The molecule has 0 saturated carbocycles. The number of nitro groups is 1. The Balaban J connectivity index is 2.59. The van der Waals surface area contributed by atoms with E-state index in [0.717, 1.165) is 23.2 Å². The number of hydrogen-bond acceptors (Lipinski definition) is 4. The highest BCUT2D eigenvalue weighted by Gasteiger charge is 2.23. The standard InChI is InChI=1S/C14H11F2N3O3/c1-9(20)18(12-5-3-2-4-11(12)14(15)16)13-8-10(19(21)22)6-7-17-13/h2-8,14H,1H3. The van der Waals surface area contributed by atoms with Gasteiger partial charge in [0.2, 0.25) is 5.91 Å². The summed E-state index contributed by atoms with van der Waals surface area (Å²) in [6, 6.07) is 7.65. The molecule has 114 valence electrons. The lowest BCUT2D eigenvalue weighted by molar-refractivity contribution is -0.384. The second-order valence-corrected chi connectivity index (χ2v) is 4.34. The van der Waals surface area contributed by atoms with Gasteiger partial charge in [0.05, 0.1) is 16.7 Å². The van der Waals surface area contributed by atoms with E-state index in [1.807, 2.05) is 0 Å². The topological polar surface area (TPSA) is 76.3 Å². The Morgan fingerprint density at radius 1 is 1.32 bits per heavy atom. The van der Waals surface area contributed by atoms with Crippen molar-refractivity contribution in [3.63, 3.8) is 0 Å². The number of anilines is 2. The van der Waals surface area contributed by atoms with Crippen molar-refractivity contribution in [2.45, 2.75) is 13.3 Å². The van der Waals surface area contributed by atoms with Crippen LogP contribution >= 0.6 is 0 Å². The zero-order chi connectivity index (χ0) is 16.3. The van der Waals surface area contributed by atoms with Crippen LogP contribution in [-0.4, -0.2) is 15.8 Å². The van der Waals surface area contributed by atoms with Gasteiger partial charge < -0.3 is 0 Å². The molecule has 0 aliphatic heterocycles. The molecule has 0 fully saturated rings. The van der Waals surface area contributed by atoms with Gasteiger partial charge in [0, 0.05) is 24.8 Å². The number of aromatic nitrogens is 1. The molecular weight excluding hydrogens is 296 g/mol. The van der Waals surface area contributed by atoms with Crippen LogP contribution in [0.25, 0.3) is 0 Å². The van der Waals surface area contributed by atoms with E-state index in [2.05, 4.69) is 4.98 Å². The molecule has 0 aliphatic carbocycles. The lowest BCUT2D eigenvalue weighted by atomic mass is 10.1. The van der Waals surface area contributed by atoms with E-state index in [1.165, 1.54) is 31.2 Å². The molecule has 2 aromatic rings. The maximum atomic E-state index is 13.1.